The lowest BCUT2D eigenvalue weighted by molar-refractivity contribution is 0.880. The maximum Gasteiger partial charge on any atom is 0.107 e. The van der Waals surface area contributed by atoms with Crippen LogP contribution >= 0.6 is 12.6 Å². The molecule has 0 aliphatic heterocycles. The van der Waals surface area contributed by atoms with Gasteiger partial charge in [0, 0.05) is 18.3 Å². The van der Waals surface area contributed by atoms with Crippen LogP contribution in [0.5, 0.6) is 0 Å². The van der Waals surface area contributed by atoms with Crippen LogP contribution in [0.15, 0.2) is 6.20 Å². The number of H-pyrrole nitrogens is 1. The van der Waals surface area contributed by atoms with Crippen molar-refractivity contribution < 1.29 is 0 Å². The number of hydrogen-bond acceptors (Lipinski definition) is 2. The van der Waals surface area contributed by atoms with Crippen molar-refractivity contribution in [2.45, 2.75) is 26.2 Å². The van der Waals surface area contributed by atoms with Crippen LogP contribution in [0.3, 0.4) is 0 Å². The van der Waals surface area contributed by atoms with Crippen molar-refractivity contribution in [2.24, 2.45) is 0 Å². The van der Waals surface area contributed by atoms with Gasteiger partial charge in [0.25, 0.3) is 0 Å². The first kappa shape index (κ1) is 8.65. The Morgan fingerprint density at radius 2 is 2.36 bits per heavy atom. The van der Waals surface area contributed by atoms with Gasteiger partial charge < -0.3 is 4.98 Å². The normalized spacial score (nSPS) is 10.4. The Kier molecular flexibility index (Phi) is 3.49. The maximum absolute atomic E-state index is 4.22. The third-order valence-corrected chi connectivity index (χ3v) is 1.77. The summed E-state index contributed by atoms with van der Waals surface area (Å²) in [5, 5.41) is 0. The van der Waals surface area contributed by atoms with Crippen LogP contribution in [-0.2, 0) is 12.8 Å². The average Bonchev–Trinajstić information content (AvgIpc) is 2.38. The van der Waals surface area contributed by atoms with Crippen LogP contribution in [0.25, 0.3) is 0 Å². The molecule has 0 spiro atoms. The van der Waals surface area contributed by atoms with Crippen molar-refractivity contribution >= 4 is 12.6 Å². The van der Waals surface area contributed by atoms with Crippen LogP contribution in [-0.4, -0.2) is 15.7 Å². The molecule has 0 atom stereocenters. The molecule has 3 heteroatoms. The number of aromatic amines is 1. The predicted molar refractivity (Wildman–Crippen MR) is 50.1 cm³/mol. The largest absolute Gasteiger partial charge is 0.346 e. The summed E-state index contributed by atoms with van der Waals surface area (Å²) in [6.07, 6.45) is 5.12. The van der Waals surface area contributed by atoms with E-state index in [4.69, 9.17) is 0 Å². The summed E-state index contributed by atoms with van der Waals surface area (Å²) < 4.78 is 0. The molecule has 1 N–H and O–H groups in total. The topological polar surface area (TPSA) is 28.7 Å². The molecule has 1 aromatic heterocycles. The Hall–Kier alpha value is -0.440. The Balaban J connectivity index is 2.51. The number of aryl methyl sites for hydroxylation is 2. The van der Waals surface area contributed by atoms with E-state index < -0.39 is 0 Å². The molecule has 0 aliphatic rings. The van der Waals surface area contributed by atoms with Crippen LogP contribution in [0, 0.1) is 0 Å². The number of hydrogen-bond donors (Lipinski definition) is 2. The molecule has 0 saturated carbocycles. The van der Waals surface area contributed by atoms with Crippen molar-refractivity contribution in [2.75, 3.05) is 5.75 Å². The molecule has 11 heavy (non-hydrogen) atoms. The summed E-state index contributed by atoms with van der Waals surface area (Å²) in [4.78, 5) is 7.48. The second-order valence-corrected chi connectivity index (χ2v) is 3.03. The zero-order chi connectivity index (χ0) is 8.10. The number of nitrogens with one attached hydrogen (secondary N) is 1. The number of rotatable bonds is 4. The molecule has 0 aromatic carbocycles. The van der Waals surface area contributed by atoms with E-state index in [1.165, 1.54) is 12.1 Å². The first-order valence-electron chi connectivity index (χ1n) is 4.00. The zero-order valence-corrected chi connectivity index (χ0v) is 7.69. The molecule has 0 fully saturated rings. The third kappa shape index (κ3) is 2.58. The van der Waals surface area contributed by atoms with Crippen LogP contribution < -0.4 is 0 Å². The van der Waals surface area contributed by atoms with Gasteiger partial charge in [-0.15, -0.1) is 0 Å². The minimum absolute atomic E-state index is 0.860. The second kappa shape index (κ2) is 4.44. The quantitative estimate of drug-likeness (QED) is 0.663. The maximum atomic E-state index is 4.22. The highest BCUT2D eigenvalue weighted by atomic mass is 32.1. The van der Waals surface area contributed by atoms with Gasteiger partial charge in [0.15, 0.2) is 0 Å². The molecule has 1 rings (SSSR count). The molecular weight excluding hydrogens is 156 g/mol. The molecule has 2 nitrogen and oxygen atoms in total. The zero-order valence-electron chi connectivity index (χ0n) is 6.80. The van der Waals surface area contributed by atoms with E-state index in [-0.39, 0.29) is 0 Å². The lowest BCUT2D eigenvalue weighted by atomic mass is 10.3. The van der Waals surface area contributed by atoms with E-state index in [2.05, 4.69) is 29.5 Å². The second-order valence-electron chi connectivity index (χ2n) is 2.58. The van der Waals surface area contributed by atoms with Gasteiger partial charge in [0.1, 0.15) is 5.82 Å². The monoisotopic (exact) mass is 170 g/mol. The fraction of sp³-hybridized carbons (Fsp3) is 0.625. The summed E-state index contributed by atoms with van der Waals surface area (Å²) in [5.74, 6) is 1.92. The lowest BCUT2D eigenvalue weighted by Crippen LogP contribution is -1.89. The first-order valence-corrected chi connectivity index (χ1v) is 4.63. The highest BCUT2D eigenvalue weighted by Gasteiger charge is 1.97. The third-order valence-electron chi connectivity index (χ3n) is 1.55. The van der Waals surface area contributed by atoms with Crippen molar-refractivity contribution in [3.63, 3.8) is 0 Å². The molecule has 0 bridgehead atoms. The van der Waals surface area contributed by atoms with E-state index >= 15 is 0 Å². The van der Waals surface area contributed by atoms with E-state index in [0.717, 1.165) is 24.4 Å². The number of nitrogens with zero attached hydrogens (tertiary/aromatic N) is 1. The molecule has 62 valence electrons. The summed E-state index contributed by atoms with van der Waals surface area (Å²) >= 11 is 4.13. The SMILES string of the molecule is CCCc1cnc(CCS)[nH]1. The van der Waals surface area contributed by atoms with E-state index in [1.54, 1.807) is 0 Å². The minimum atomic E-state index is 0.860. The van der Waals surface area contributed by atoms with Crippen LogP contribution in [0.2, 0.25) is 0 Å². The van der Waals surface area contributed by atoms with Crippen molar-refractivity contribution in [3.05, 3.63) is 17.7 Å². The number of thiol groups is 1. The molecule has 0 aliphatic carbocycles. The highest BCUT2D eigenvalue weighted by Crippen LogP contribution is 2.01. The number of aromatic nitrogens is 2. The Morgan fingerprint density at radius 1 is 1.55 bits per heavy atom. The van der Waals surface area contributed by atoms with Gasteiger partial charge in [-0.3, -0.25) is 0 Å². The molecule has 0 unspecified atom stereocenters. The van der Waals surface area contributed by atoms with Gasteiger partial charge in [0.05, 0.1) is 0 Å². The molecule has 1 aromatic rings. The standard InChI is InChI=1S/C8H14N2S/c1-2-3-7-6-9-8(10-7)4-5-11/h6,11H,2-5H2,1H3,(H,9,10). The average molecular weight is 170 g/mol. The highest BCUT2D eigenvalue weighted by molar-refractivity contribution is 7.80. The fourth-order valence-electron chi connectivity index (χ4n) is 1.04. The lowest BCUT2D eigenvalue weighted by Gasteiger charge is -1.91. The van der Waals surface area contributed by atoms with Gasteiger partial charge in [0.2, 0.25) is 0 Å². The summed E-state index contributed by atoms with van der Waals surface area (Å²) in [5.41, 5.74) is 1.24. The van der Waals surface area contributed by atoms with Gasteiger partial charge in [-0.1, -0.05) is 13.3 Å². The van der Waals surface area contributed by atoms with Crippen molar-refractivity contribution in [1.82, 2.24) is 9.97 Å². The summed E-state index contributed by atoms with van der Waals surface area (Å²) in [7, 11) is 0. The Morgan fingerprint density at radius 3 is 3.00 bits per heavy atom. The van der Waals surface area contributed by atoms with E-state index in [1.807, 2.05) is 6.20 Å². The first-order chi connectivity index (χ1) is 5.36. The predicted octanol–water partition coefficient (Wildman–Crippen LogP) is 1.83. The van der Waals surface area contributed by atoms with Gasteiger partial charge in [-0.25, -0.2) is 4.98 Å². The molecule has 0 saturated heterocycles. The Bertz CT molecular complexity index is 187. The van der Waals surface area contributed by atoms with E-state index in [0.29, 0.717) is 0 Å². The van der Waals surface area contributed by atoms with Gasteiger partial charge >= 0.3 is 0 Å². The van der Waals surface area contributed by atoms with Gasteiger partial charge in [-0.05, 0) is 12.2 Å². The Labute approximate surface area is 72.8 Å². The molecule has 0 amide bonds. The summed E-state index contributed by atoms with van der Waals surface area (Å²) in [6, 6.07) is 0. The molecular formula is C8H14N2S. The molecule has 1 heterocycles. The van der Waals surface area contributed by atoms with Gasteiger partial charge in [-0.2, -0.15) is 12.6 Å². The van der Waals surface area contributed by atoms with Crippen molar-refractivity contribution in [3.8, 4) is 0 Å². The fourth-order valence-corrected chi connectivity index (χ4v) is 1.25. The van der Waals surface area contributed by atoms with Crippen molar-refractivity contribution in [1.29, 1.82) is 0 Å². The van der Waals surface area contributed by atoms with E-state index in [9.17, 15) is 0 Å². The summed E-state index contributed by atoms with van der Waals surface area (Å²) in [6.45, 7) is 2.17. The van der Waals surface area contributed by atoms with Crippen LogP contribution in [0.1, 0.15) is 24.9 Å². The minimum Gasteiger partial charge on any atom is -0.346 e. The molecule has 0 radical (unpaired) electrons. The smallest absolute Gasteiger partial charge is 0.107 e. The number of imidazole rings is 1. The van der Waals surface area contributed by atoms with Crippen LogP contribution in [0.4, 0.5) is 0 Å².